The third-order valence-corrected chi connectivity index (χ3v) is 5.87. The molecule has 1 unspecified atom stereocenters. The molecule has 11 heteroatoms. The molecule has 1 heterocycles. The number of carbonyl (C=O) groups excluding carboxylic acids is 1. The van der Waals surface area contributed by atoms with Gasteiger partial charge in [0.2, 0.25) is 0 Å². The van der Waals surface area contributed by atoms with E-state index in [4.69, 9.17) is 11.6 Å². The van der Waals surface area contributed by atoms with Crippen LogP contribution in [0, 0.1) is 12.7 Å². The Labute approximate surface area is 186 Å². The lowest BCUT2D eigenvalue weighted by atomic mass is 10.2. The number of carbonyl (C=O) groups is 1. The number of benzene rings is 1. The molecule has 2 rings (SSSR count). The Hall–Kier alpha value is -2.07. The lowest BCUT2D eigenvalue weighted by Crippen LogP contribution is -2.43. The molecule has 0 saturated carbocycles. The van der Waals surface area contributed by atoms with Crippen molar-refractivity contribution in [2.75, 3.05) is 0 Å². The molecule has 0 amide bonds. The van der Waals surface area contributed by atoms with Crippen LogP contribution in [0.15, 0.2) is 26.6 Å². The molecule has 2 aromatic rings. The molecule has 0 aliphatic carbocycles. The van der Waals surface area contributed by atoms with Gasteiger partial charge in [0.05, 0.1) is 16.0 Å². The Balaban J connectivity index is 0.00000233. The van der Waals surface area contributed by atoms with Crippen molar-refractivity contribution in [3.8, 4) is 5.69 Å². The standard InChI is InChI=1S/C18H17ClF4N2O3S.C2H6/c1-4-5-10(8-26)29-14-7-13(12(20)6-11(14)19)25-16(27)9(2)15(18(21,22)23)24(3)17(25)28;1-2/h6-8,10H,4-5H2,1-3H3;1-2H3. The van der Waals surface area contributed by atoms with Crippen molar-refractivity contribution in [1.29, 1.82) is 0 Å². The van der Waals surface area contributed by atoms with Gasteiger partial charge in [0.15, 0.2) is 0 Å². The fourth-order valence-electron chi connectivity index (χ4n) is 2.85. The summed E-state index contributed by atoms with van der Waals surface area (Å²) in [4.78, 5) is 36.5. The highest BCUT2D eigenvalue weighted by Gasteiger charge is 2.38. The molecular formula is C20H23ClF4N2O3S. The molecule has 0 radical (unpaired) electrons. The third kappa shape index (κ3) is 5.79. The van der Waals surface area contributed by atoms with Crippen molar-refractivity contribution in [1.82, 2.24) is 9.13 Å². The number of hydrogen-bond donors (Lipinski definition) is 0. The number of thioether (sulfide) groups is 1. The number of hydrogen-bond acceptors (Lipinski definition) is 4. The lowest BCUT2D eigenvalue weighted by Gasteiger charge is -2.18. The van der Waals surface area contributed by atoms with Gasteiger partial charge in [-0.25, -0.2) is 13.8 Å². The molecule has 0 bridgehead atoms. The summed E-state index contributed by atoms with van der Waals surface area (Å²) in [5.41, 5.74) is -5.35. The van der Waals surface area contributed by atoms with E-state index in [1.165, 1.54) is 0 Å². The fourth-order valence-corrected chi connectivity index (χ4v) is 4.22. The summed E-state index contributed by atoms with van der Waals surface area (Å²) >= 11 is 7.04. The average Bonchev–Trinajstić information content (AvgIpc) is 2.69. The van der Waals surface area contributed by atoms with Gasteiger partial charge in [-0.3, -0.25) is 9.36 Å². The largest absolute Gasteiger partial charge is 0.432 e. The number of aromatic nitrogens is 2. The highest BCUT2D eigenvalue weighted by molar-refractivity contribution is 8.00. The van der Waals surface area contributed by atoms with E-state index in [-0.39, 0.29) is 14.5 Å². The number of alkyl halides is 3. The van der Waals surface area contributed by atoms with Crippen LogP contribution in [-0.4, -0.2) is 20.7 Å². The molecule has 0 N–H and O–H groups in total. The predicted octanol–water partition coefficient (Wildman–Crippen LogP) is 5.14. The Morgan fingerprint density at radius 2 is 1.81 bits per heavy atom. The fraction of sp³-hybridized carbons (Fsp3) is 0.450. The Kier molecular flexibility index (Phi) is 9.56. The molecule has 31 heavy (non-hydrogen) atoms. The van der Waals surface area contributed by atoms with Gasteiger partial charge in [-0.15, -0.1) is 11.8 Å². The molecule has 0 saturated heterocycles. The first-order valence-electron chi connectivity index (χ1n) is 9.45. The van der Waals surface area contributed by atoms with Crippen molar-refractivity contribution in [3.63, 3.8) is 0 Å². The smallest absolute Gasteiger partial charge is 0.302 e. The van der Waals surface area contributed by atoms with E-state index in [2.05, 4.69) is 0 Å². The maximum atomic E-state index is 14.5. The van der Waals surface area contributed by atoms with Gasteiger partial charge in [-0.05, 0) is 25.5 Å². The van der Waals surface area contributed by atoms with Crippen LogP contribution in [0.2, 0.25) is 5.02 Å². The van der Waals surface area contributed by atoms with Crippen LogP contribution in [0.4, 0.5) is 17.6 Å². The molecule has 0 aliphatic heterocycles. The van der Waals surface area contributed by atoms with Crippen molar-refractivity contribution in [3.05, 3.63) is 55.1 Å². The summed E-state index contributed by atoms with van der Waals surface area (Å²) < 4.78 is 54.8. The maximum Gasteiger partial charge on any atom is 0.432 e. The van der Waals surface area contributed by atoms with Crippen LogP contribution in [-0.2, 0) is 18.0 Å². The average molecular weight is 483 g/mol. The second kappa shape index (κ2) is 11.0. The van der Waals surface area contributed by atoms with E-state index in [0.717, 1.165) is 37.9 Å². The molecule has 172 valence electrons. The van der Waals surface area contributed by atoms with Crippen LogP contribution in [0.1, 0.15) is 44.9 Å². The van der Waals surface area contributed by atoms with E-state index < -0.39 is 45.4 Å². The monoisotopic (exact) mass is 482 g/mol. The van der Waals surface area contributed by atoms with Crippen LogP contribution in [0.25, 0.3) is 5.69 Å². The van der Waals surface area contributed by atoms with Crippen molar-refractivity contribution in [2.45, 2.75) is 56.9 Å². The minimum absolute atomic E-state index is 0.0484. The first-order chi connectivity index (χ1) is 14.4. The summed E-state index contributed by atoms with van der Waals surface area (Å²) in [7, 11) is 0.848. The highest BCUT2D eigenvalue weighted by Crippen LogP contribution is 2.34. The van der Waals surface area contributed by atoms with Crippen LogP contribution in [0.5, 0.6) is 0 Å². The normalized spacial score (nSPS) is 12.2. The zero-order valence-corrected chi connectivity index (χ0v) is 19.2. The summed E-state index contributed by atoms with van der Waals surface area (Å²) in [5.74, 6) is -1.06. The maximum absolute atomic E-state index is 14.5. The minimum atomic E-state index is -4.94. The topological polar surface area (TPSA) is 61.1 Å². The second-order valence-electron chi connectivity index (χ2n) is 6.27. The van der Waals surface area contributed by atoms with Gasteiger partial charge in [0, 0.05) is 17.5 Å². The molecule has 5 nitrogen and oxygen atoms in total. The first-order valence-corrected chi connectivity index (χ1v) is 10.7. The number of aldehydes is 1. The Morgan fingerprint density at radius 1 is 1.23 bits per heavy atom. The predicted molar refractivity (Wildman–Crippen MR) is 114 cm³/mol. The number of halogens is 5. The number of nitrogens with zero attached hydrogens (tertiary/aromatic N) is 2. The van der Waals surface area contributed by atoms with Crippen LogP contribution >= 0.6 is 23.4 Å². The van der Waals surface area contributed by atoms with E-state index in [1.807, 2.05) is 20.8 Å². The number of rotatable bonds is 6. The van der Waals surface area contributed by atoms with E-state index in [0.29, 0.717) is 23.7 Å². The van der Waals surface area contributed by atoms with Gasteiger partial charge >= 0.3 is 11.9 Å². The minimum Gasteiger partial charge on any atom is -0.302 e. The zero-order valence-electron chi connectivity index (χ0n) is 17.6. The molecule has 0 spiro atoms. The summed E-state index contributed by atoms with van der Waals surface area (Å²) in [6.07, 6.45) is -3.04. The molecule has 1 aromatic heterocycles. The Bertz CT molecular complexity index is 1030. The van der Waals surface area contributed by atoms with Crippen molar-refractivity contribution >= 4 is 29.6 Å². The molecule has 0 fully saturated rings. The van der Waals surface area contributed by atoms with Gasteiger partial charge in [0.1, 0.15) is 17.8 Å². The quantitative estimate of drug-likeness (QED) is 0.325. The van der Waals surface area contributed by atoms with Gasteiger partial charge in [-0.1, -0.05) is 38.8 Å². The summed E-state index contributed by atoms with van der Waals surface area (Å²) in [5, 5.41) is -0.544. The van der Waals surface area contributed by atoms with Gasteiger partial charge < -0.3 is 4.79 Å². The van der Waals surface area contributed by atoms with E-state index in [1.54, 1.807) is 0 Å². The molecular weight excluding hydrogens is 460 g/mol. The van der Waals surface area contributed by atoms with Crippen LogP contribution < -0.4 is 11.2 Å². The summed E-state index contributed by atoms with van der Waals surface area (Å²) in [6, 6.07) is 1.94. The van der Waals surface area contributed by atoms with Crippen molar-refractivity contribution in [2.24, 2.45) is 7.05 Å². The lowest BCUT2D eigenvalue weighted by molar-refractivity contribution is -0.144. The zero-order chi connectivity index (χ0) is 24.1. The second-order valence-corrected chi connectivity index (χ2v) is 7.96. The van der Waals surface area contributed by atoms with Crippen molar-refractivity contribution < 1.29 is 22.4 Å². The van der Waals surface area contributed by atoms with E-state index in [9.17, 15) is 31.9 Å². The summed E-state index contributed by atoms with van der Waals surface area (Å²) in [6.45, 7) is 6.78. The van der Waals surface area contributed by atoms with Gasteiger partial charge in [0.25, 0.3) is 5.56 Å². The molecule has 0 aliphatic rings. The molecule has 1 aromatic carbocycles. The van der Waals surface area contributed by atoms with Crippen LogP contribution in [0.3, 0.4) is 0 Å². The molecule has 1 atom stereocenters. The van der Waals surface area contributed by atoms with Gasteiger partial charge in [-0.2, -0.15) is 13.2 Å². The Morgan fingerprint density at radius 3 is 2.29 bits per heavy atom. The third-order valence-electron chi connectivity index (χ3n) is 4.21. The first kappa shape index (κ1) is 27.0. The highest BCUT2D eigenvalue weighted by atomic mass is 35.5. The SMILES string of the molecule is CC.CCCC(C=O)Sc1cc(-n2c(=O)c(C)c(C(F)(F)F)n(C)c2=O)c(F)cc1Cl. The van der Waals surface area contributed by atoms with E-state index >= 15 is 0 Å².